The van der Waals surface area contributed by atoms with E-state index in [1.165, 1.54) is 6.07 Å². The number of benzene rings is 1. The summed E-state index contributed by atoms with van der Waals surface area (Å²) >= 11 is 0. The normalized spacial score (nSPS) is 12.8. The number of anilines is 1. The molecule has 0 aliphatic heterocycles. The zero-order valence-corrected chi connectivity index (χ0v) is 13.7. The van der Waals surface area contributed by atoms with Gasteiger partial charge in [0.15, 0.2) is 0 Å². The Morgan fingerprint density at radius 2 is 1.96 bits per heavy atom. The summed E-state index contributed by atoms with van der Waals surface area (Å²) in [5, 5.41) is 18.9. The molecule has 0 radical (unpaired) electrons. The van der Waals surface area contributed by atoms with Crippen LogP contribution in [0.1, 0.15) is 20.3 Å². The van der Waals surface area contributed by atoms with Crippen molar-refractivity contribution in [1.82, 2.24) is 10.6 Å². The number of hydrogen-bond donors (Lipinski definition) is 4. The van der Waals surface area contributed by atoms with E-state index in [-0.39, 0.29) is 24.1 Å². The number of nitrogens with zero attached hydrogens (tertiary/aromatic N) is 1. The van der Waals surface area contributed by atoms with Crippen molar-refractivity contribution in [3.8, 4) is 0 Å². The van der Waals surface area contributed by atoms with Gasteiger partial charge in [-0.2, -0.15) is 0 Å². The predicted molar refractivity (Wildman–Crippen MR) is 90.6 cm³/mol. The quantitative estimate of drug-likeness (QED) is 0.304. The number of carbonyl (C=O) groups excluding carboxylic acids is 2. The first-order chi connectivity index (χ1) is 11.4. The Hall–Kier alpha value is -2.84. The van der Waals surface area contributed by atoms with Gasteiger partial charge >= 0.3 is 6.03 Å². The smallest absolute Gasteiger partial charge is 0.312 e. The highest BCUT2D eigenvalue weighted by molar-refractivity contribution is 5.86. The zero-order chi connectivity index (χ0) is 18.1. The van der Waals surface area contributed by atoms with E-state index in [9.17, 15) is 19.7 Å². The highest BCUT2D eigenvalue weighted by Crippen LogP contribution is 2.22. The van der Waals surface area contributed by atoms with Gasteiger partial charge in [-0.25, -0.2) is 4.79 Å². The van der Waals surface area contributed by atoms with E-state index in [1.54, 1.807) is 18.2 Å². The molecule has 9 heteroatoms. The second-order valence-electron chi connectivity index (χ2n) is 5.36. The Morgan fingerprint density at radius 1 is 1.29 bits per heavy atom. The van der Waals surface area contributed by atoms with E-state index < -0.39 is 17.0 Å². The molecule has 0 aliphatic carbocycles. The van der Waals surface area contributed by atoms with Crippen LogP contribution < -0.4 is 21.7 Å². The van der Waals surface area contributed by atoms with Crippen LogP contribution in [0.15, 0.2) is 24.3 Å². The molecule has 9 nitrogen and oxygen atoms in total. The second kappa shape index (κ2) is 9.33. The third kappa shape index (κ3) is 5.75. The molecule has 24 heavy (non-hydrogen) atoms. The molecule has 0 bridgehead atoms. The molecule has 0 aromatic heterocycles. The molecule has 0 heterocycles. The van der Waals surface area contributed by atoms with E-state index in [2.05, 4.69) is 16.0 Å². The SMILES string of the molecule is CC[C@H](C)[C@H](NC(N)=O)C(=O)NCCNc1ccccc1[N+](=O)[O-]. The van der Waals surface area contributed by atoms with Gasteiger partial charge < -0.3 is 21.7 Å². The number of nitro groups is 1. The molecule has 0 aliphatic rings. The lowest BCUT2D eigenvalue weighted by Gasteiger charge is -2.22. The Morgan fingerprint density at radius 3 is 2.54 bits per heavy atom. The predicted octanol–water partition coefficient (Wildman–Crippen LogP) is 1.21. The number of rotatable bonds is 9. The van der Waals surface area contributed by atoms with Crippen molar-refractivity contribution in [3.63, 3.8) is 0 Å². The molecular formula is C15H23N5O4. The fourth-order valence-corrected chi connectivity index (χ4v) is 2.13. The van der Waals surface area contributed by atoms with E-state index >= 15 is 0 Å². The molecular weight excluding hydrogens is 314 g/mol. The lowest BCUT2D eigenvalue weighted by Crippen LogP contribution is -2.52. The summed E-state index contributed by atoms with van der Waals surface area (Å²) < 4.78 is 0. The molecule has 0 unspecified atom stereocenters. The summed E-state index contributed by atoms with van der Waals surface area (Å²) in [6.07, 6.45) is 0.701. The van der Waals surface area contributed by atoms with Crippen molar-refractivity contribution < 1.29 is 14.5 Å². The topological polar surface area (TPSA) is 139 Å². The van der Waals surface area contributed by atoms with Crippen LogP contribution in [0.5, 0.6) is 0 Å². The minimum atomic E-state index is -0.756. The third-order valence-electron chi connectivity index (χ3n) is 3.63. The number of primary amides is 1. The van der Waals surface area contributed by atoms with Crippen LogP contribution in [-0.4, -0.2) is 36.0 Å². The monoisotopic (exact) mass is 337 g/mol. The van der Waals surface area contributed by atoms with Crippen LogP contribution in [0.25, 0.3) is 0 Å². The van der Waals surface area contributed by atoms with E-state index in [0.717, 1.165) is 0 Å². The minimum Gasteiger partial charge on any atom is -0.378 e. The van der Waals surface area contributed by atoms with Crippen molar-refractivity contribution in [2.24, 2.45) is 11.7 Å². The van der Waals surface area contributed by atoms with Crippen LogP contribution >= 0.6 is 0 Å². The minimum absolute atomic E-state index is 0.0308. The van der Waals surface area contributed by atoms with Crippen LogP contribution in [0, 0.1) is 16.0 Å². The summed E-state index contributed by atoms with van der Waals surface area (Å²) in [6.45, 7) is 4.30. The average Bonchev–Trinajstić information content (AvgIpc) is 2.55. The first kappa shape index (κ1) is 19.2. The van der Waals surface area contributed by atoms with Gasteiger partial charge in [-0.3, -0.25) is 14.9 Å². The molecule has 5 N–H and O–H groups in total. The molecule has 0 saturated carbocycles. The Kier molecular flexibility index (Phi) is 7.47. The Labute approximate surface area is 140 Å². The molecule has 1 rings (SSSR count). The highest BCUT2D eigenvalue weighted by Gasteiger charge is 2.24. The number of para-hydroxylation sites is 2. The van der Waals surface area contributed by atoms with Gasteiger partial charge in [0.25, 0.3) is 5.69 Å². The number of amides is 3. The molecule has 0 saturated heterocycles. The molecule has 0 spiro atoms. The number of carbonyl (C=O) groups is 2. The van der Waals surface area contributed by atoms with Crippen molar-refractivity contribution in [1.29, 1.82) is 0 Å². The van der Waals surface area contributed by atoms with E-state index in [1.807, 2.05) is 13.8 Å². The van der Waals surface area contributed by atoms with Gasteiger partial charge in [0.2, 0.25) is 5.91 Å². The number of hydrogen-bond acceptors (Lipinski definition) is 5. The lowest BCUT2D eigenvalue weighted by molar-refractivity contribution is -0.384. The number of nitrogens with two attached hydrogens (primary N) is 1. The van der Waals surface area contributed by atoms with Crippen LogP contribution in [-0.2, 0) is 4.79 Å². The van der Waals surface area contributed by atoms with E-state index in [0.29, 0.717) is 18.7 Å². The van der Waals surface area contributed by atoms with Crippen molar-refractivity contribution >= 4 is 23.3 Å². The largest absolute Gasteiger partial charge is 0.378 e. The van der Waals surface area contributed by atoms with Crippen LogP contribution in [0.2, 0.25) is 0 Å². The summed E-state index contributed by atoms with van der Waals surface area (Å²) in [6, 6.07) is 4.79. The van der Waals surface area contributed by atoms with Crippen LogP contribution in [0.3, 0.4) is 0 Å². The molecule has 1 aromatic carbocycles. The zero-order valence-electron chi connectivity index (χ0n) is 13.7. The van der Waals surface area contributed by atoms with Gasteiger partial charge in [0.05, 0.1) is 4.92 Å². The Bertz CT molecular complexity index is 593. The van der Waals surface area contributed by atoms with Crippen LogP contribution in [0.4, 0.5) is 16.2 Å². The third-order valence-corrected chi connectivity index (χ3v) is 3.63. The van der Waals surface area contributed by atoms with Gasteiger partial charge in [0.1, 0.15) is 11.7 Å². The van der Waals surface area contributed by atoms with Gasteiger partial charge in [-0.05, 0) is 12.0 Å². The highest BCUT2D eigenvalue weighted by atomic mass is 16.6. The van der Waals surface area contributed by atoms with Gasteiger partial charge in [-0.1, -0.05) is 32.4 Å². The van der Waals surface area contributed by atoms with Crippen molar-refractivity contribution in [3.05, 3.63) is 34.4 Å². The maximum absolute atomic E-state index is 12.1. The van der Waals surface area contributed by atoms with Gasteiger partial charge in [0, 0.05) is 19.2 Å². The molecule has 1 aromatic rings. The number of nitrogens with one attached hydrogen (secondary N) is 3. The second-order valence-corrected chi connectivity index (χ2v) is 5.36. The number of urea groups is 1. The summed E-state index contributed by atoms with van der Waals surface area (Å²) in [7, 11) is 0. The molecule has 2 atom stereocenters. The first-order valence-electron chi connectivity index (χ1n) is 7.67. The summed E-state index contributed by atoms with van der Waals surface area (Å²) in [5.41, 5.74) is 5.44. The average molecular weight is 337 g/mol. The first-order valence-corrected chi connectivity index (χ1v) is 7.67. The fraction of sp³-hybridized carbons (Fsp3) is 0.467. The van der Waals surface area contributed by atoms with Gasteiger partial charge in [-0.15, -0.1) is 0 Å². The van der Waals surface area contributed by atoms with E-state index in [4.69, 9.17) is 5.73 Å². The number of nitro benzene ring substituents is 1. The maximum atomic E-state index is 12.1. The van der Waals surface area contributed by atoms with Crippen molar-refractivity contribution in [2.75, 3.05) is 18.4 Å². The maximum Gasteiger partial charge on any atom is 0.312 e. The fourth-order valence-electron chi connectivity index (χ4n) is 2.13. The summed E-state index contributed by atoms with van der Waals surface area (Å²) in [4.78, 5) is 33.6. The summed E-state index contributed by atoms with van der Waals surface area (Å²) in [5.74, 6) is -0.409. The standard InChI is InChI=1S/C15H23N5O4/c1-3-10(2)13(19-15(16)22)14(21)18-9-8-17-11-6-4-5-7-12(11)20(23)24/h4-7,10,13,17H,3,8-9H2,1-2H3,(H,18,21)(H3,16,19,22)/t10-,13-/m0/s1. The Balaban J connectivity index is 2.53. The molecule has 3 amide bonds. The van der Waals surface area contributed by atoms with Crippen molar-refractivity contribution in [2.45, 2.75) is 26.3 Å². The molecule has 0 fully saturated rings. The lowest BCUT2D eigenvalue weighted by atomic mass is 9.98. The molecule has 132 valence electrons.